The minimum atomic E-state index is -0.784. The number of rotatable bonds is 52. The summed E-state index contributed by atoms with van der Waals surface area (Å²) in [6.07, 6.45) is 69.3. The normalized spacial score (nSPS) is 12.5. The molecule has 0 aliphatic rings. The van der Waals surface area contributed by atoms with Crippen LogP contribution in [0.1, 0.15) is 290 Å². The highest BCUT2D eigenvalue weighted by molar-refractivity contribution is 5.71. The molecule has 6 nitrogen and oxygen atoms in total. The number of allylic oxidation sites excluding steroid dienone is 10. The van der Waals surface area contributed by atoms with Crippen molar-refractivity contribution in [3.63, 3.8) is 0 Å². The van der Waals surface area contributed by atoms with Crippen LogP contribution in [0, 0.1) is 0 Å². The third-order valence-electron chi connectivity index (χ3n) is 12.5. The Morgan fingerprint density at radius 1 is 0.313 bits per heavy atom. The van der Waals surface area contributed by atoms with Crippen molar-refractivity contribution in [2.75, 3.05) is 13.2 Å². The Kier molecular flexibility index (Phi) is 53.3. The predicted octanol–water partition coefficient (Wildman–Crippen LogP) is 19.2. The Balaban J connectivity index is 4.36. The van der Waals surface area contributed by atoms with E-state index < -0.39 is 6.10 Å². The molecule has 1 atom stereocenters. The molecule has 0 spiro atoms. The average molecular weight is 938 g/mol. The van der Waals surface area contributed by atoms with E-state index in [0.29, 0.717) is 19.3 Å². The summed E-state index contributed by atoms with van der Waals surface area (Å²) in [6.45, 7) is 6.52. The zero-order valence-corrected chi connectivity index (χ0v) is 44.4. The Hall–Kier alpha value is -2.89. The van der Waals surface area contributed by atoms with Crippen molar-refractivity contribution in [1.82, 2.24) is 0 Å². The highest BCUT2D eigenvalue weighted by Crippen LogP contribution is 2.16. The zero-order chi connectivity index (χ0) is 48.6. The van der Waals surface area contributed by atoms with E-state index in [0.717, 1.165) is 96.3 Å². The molecule has 388 valence electrons. The van der Waals surface area contributed by atoms with Crippen LogP contribution in [0.4, 0.5) is 0 Å². The summed E-state index contributed by atoms with van der Waals surface area (Å²) in [5, 5.41) is 0. The molecule has 0 aromatic carbocycles. The number of carbonyl (C=O) groups excluding carboxylic acids is 3. The molecular formula is C61H108O6. The van der Waals surface area contributed by atoms with E-state index in [2.05, 4.69) is 81.5 Å². The summed E-state index contributed by atoms with van der Waals surface area (Å²) < 4.78 is 16.8. The maximum absolute atomic E-state index is 12.9. The van der Waals surface area contributed by atoms with Crippen LogP contribution in [0.15, 0.2) is 60.8 Å². The SMILES string of the molecule is CC/C=C\C/C=C\C/C=C\C/C=C\C/C=C\CCCCCC(=O)OCC(COC(=O)CCCCCCCCCCCCC)OC(=O)CCCCCCCCCCCCCCCCCCCCC. The van der Waals surface area contributed by atoms with Crippen LogP contribution in [-0.2, 0) is 28.6 Å². The lowest BCUT2D eigenvalue weighted by Gasteiger charge is -2.18. The minimum Gasteiger partial charge on any atom is -0.462 e. The molecule has 0 N–H and O–H groups in total. The summed E-state index contributed by atoms with van der Waals surface area (Å²) in [7, 11) is 0. The molecular weight excluding hydrogens is 829 g/mol. The van der Waals surface area contributed by atoms with Gasteiger partial charge in [0.25, 0.3) is 0 Å². The summed E-state index contributed by atoms with van der Waals surface area (Å²) in [5.74, 6) is -0.902. The van der Waals surface area contributed by atoms with Gasteiger partial charge in [0, 0.05) is 19.3 Å². The van der Waals surface area contributed by atoms with Gasteiger partial charge in [0.1, 0.15) is 13.2 Å². The van der Waals surface area contributed by atoms with Crippen molar-refractivity contribution in [1.29, 1.82) is 0 Å². The van der Waals surface area contributed by atoms with Crippen LogP contribution >= 0.6 is 0 Å². The van der Waals surface area contributed by atoms with Gasteiger partial charge < -0.3 is 14.2 Å². The van der Waals surface area contributed by atoms with Gasteiger partial charge in [0.15, 0.2) is 6.10 Å². The largest absolute Gasteiger partial charge is 0.462 e. The van der Waals surface area contributed by atoms with Crippen LogP contribution in [-0.4, -0.2) is 37.2 Å². The van der Waals surface area contributed by atoms with E-state index in [-0.39, 0.29) is 31.1 Å². The first-order valence-electron chi connectivity index (χ1n) is 28.8. The molecule has 67 heavy (non-hydrogen) atoms. The number of ether oxygens (including phenoxy) is 3. The Morgan fingerprint density at radius 2 is 0.582 bits per heavy atom. The third-order valence-corrected chi connectivity index (χ3v) is 12.5. The lowest BCUT2D eigenvalue weighted by Crippen LogP contribution is -2.30. The van der Waals surface area contributed by atoms with E-state index in [1.807, 2.05) is 0 Å². The first-order valence-corrected chi connectivity index (χ1v) is 28.8. The van der Waals surface area contributed by atoms with Crippen molar-refractivity contribution in [3.05, 3.63) is 60.8 Å². The minimum absolute atomic E-state index is 0.0810. The maximum atomic E-state index is 12.9. The number of hydrogen-bond donors (Lipinski definition) is 0. The summed E-state index contributed by atoms with van der Waals surface area (Å²) in [6, 6.07) is 0. The summed E-state index contributed by atoms with van der Waals surface area (Å²) >= 11 is 0. The molecule has 0 aromatic rings. The van der Waals surface area contributed by atoms with Gasteiger partial charge in [-0.2, -0.15) is 0 Å². The van der Waals surface area contributed by atoms with Gasteiger partial charge in [-0.25, -0.2) is 0 Å². The van der Waals surface area contributed by atoms with Gasteiger partial charge in [-0.05, 0) is 64.2 Å². The lowest BCUT2D eigenvalue weighted by atomic mass is 10.0. The molecule has 0 radical (unpaired) electrons. The molecule has 0 aliphatic heterocycles. The molecule has 0 rings (SSSR count). The topological polar surface area (TPSA) is 78.9 Å². The number of carbonyl (C=O) groups is 3. The first-order chi connectivity index (χ1) is 33.0. The third kappa shape index (κ3) is 53.9. The Bertz CT molecular complexity index is 1210. The second kappa shape index (κ2) is 55.7. The fourth-order valence-electron chi connectivity index (χ4n) is 8.24. The Labute approximate surface area is 415 Å². The van der Waals surface area contributed by atoms with Crippen LogP contribution in [0.25, 0.3) is 0 Å². The molecule has 0 bridgehead atoms. The van der Waals surface area contributed by atoms with Crippen molar-refractivity contribution in [3.8, 4) is 0 Å². The molecule has 0 saturated carbocycles. The first kappa shape index (κ1) is 64.1. The van der Waals surface area contributed by atoms with Crippen molar-refractivity contribution in [2.45, 2.75) is 297 Å². The standard InChI is InChI=1S/C61H108O6/c1-4-7-10-13-16-19-22-24-26-28-30-32-34-36-39-42-45-48-51-54-60(63)66-57-58(56-65-59(62)53-50-47-44-41-38-21-18-15-12-9-6-3)67-61(64)55-52-49-46-43-40-37-35-33-31-29-27-25-23-20-17-14-11-8-5-2/h7,10,16,19,24,26,30,32,36,39,58H,4-6,8-9,11-15,17-18,20-23,25,27-29,31,33-35,37-38,40-57H2,1-3H3/b10-7-,19-16-,26-24-,32-30-,39-36-. The maximum Gasteiger partial charge on any atom is 0.306 e. The highest BCUT2D eigenvalue weighted by atomic mass is 16.6. The zero-order valence-electron chi connectivity index (χ0n) is 44.4. The molecule has 1 unspecified atom stereocenters. The molecule has 0 amide bonds. The molecule has 0 aliphatic carbocycles. The predicted molar refractivity (Wildman–Crippen MR) is 288 cm³/mol. The van der Waals surface area contributed by atoms with Crippen molar-refractivity contribution >= 4 is 17.9 Å². The van der Waals surface area contributed by atoms with Crippen LogP contribution in [0.3, 0.4) is 0 Å². The van der Waals surface area contributed by atoms with Gasteiger partial charge in [-0.15, -0.1) is 0 Å². The van der Waals surface area contributed by atoms with Gasteiger partial charge in [-0.1, -0.05) is 268 Å². The van der Waals surface area contributed by atoms with Gasteiger partial charge in [-0.3, -0.25) is 14.4 Å². The lowest BCUT2D eigenvalue weighted by molar-refractivity contribution is -0.167. The molecule has 6 heteroatoms. The quantitative estimate of drug-likeness (QED) is 0.0262. The van der Waals surface area contributed by atoms with Crippen LogP contribution in [0.5, 0.6) is 0 Å². The van der Waals surface area contributed by atoms with Crippen LogP contribution < -0.4 is 0 Å². The summed E-state index contributed by atoms with van der Waals surface area (Å²) in [5.41, 5.74) is 0. The van der Waals surface area contributed by atoms with Gasteiger partial charge in [0.05, 0.1) is 0 Å². The Morgan fingerprint density at radius 3 is 0.910 bits per heavy atom. The second-order valence-corrected chi connectivity index (χ2v) is 19.2. The molecule has 0 aromatic heterocycles. The second-order valence-electron chi connectivity index (χ2n) is 19.2. The molecule has 0 heterocycles. The molecule has 0 fully saturated rings. The fourth-order valence-corrected chi connectivity index (χ4v) is 8.24. The van der Waals surface area contributed by atoms with Gasteiger partial charge in [0.2, 0.25) is 0 Å². The van der Waals surface area contributed by atoms with E-state index >= 15 is 0 Å². The smallest absolute Gasteiger partial charge is 0.306 e. The fraction of sp³-hybridized carbons (Fsp3) is 0.787. The van der Waals surface area contributed by atoms with E-state index in [4.69, 9.17) is 14.2 Å². The summed E-state index contributed by atoms with van der Waals surface area (Å²) in [4.78, 5) is 38.1. The number of hydrogen-bond acceptors (Lipinski definition) is 6. The number of esters is 3. The monoisotopic (exact) mass is 937 g/mol. The van der Waals surface area contributed by atoms with Crippen molar-refractivity contribution < 1.29 is 28.6 Å². The van der Waals surface area contributed by atoms with Crippen LogP contribution in [0.2, 0.25) is 0 Å². The van der Waals surface area contributed by atoms with Gasteiger partial charge >= 0.3 is 17.9 Å². The van der Waals surface area contributed by atoms with E-state index in [9.17, 15) is 14.4 Å². The molecule has 0 saturated heterocycles. The van der Waals surface area contributed by atoms with E-state index in [1.165, 1.54) is 154 Å². The highest BCUT2D eigenvalue weighted by Gasteiger charge is 2.19. The average Bonchev–Trinajstić information content (AvgIpc) is 3.33. The van der Waals surface area contributed by atoms with Crippen molar-refractivity contribution in [2.24, 2.45) is 0 Å². The number of unbranched alkanes of at least 4 members (excludes halogenated alkanes) is 31. The van der Waals surface area contributed by atoms with E-state index in [1.54, 1.807) is 0 Å².